The summed E-state index contributed by atoms with van der Waals surface area (Å²) in [6.45, 7) is 15.5. The summed E-state index contributed by atoms with van der Waals surface area (Å²) in [5.41, 5.74) is 6.19. The van der Waals surface area contributed by atoms with Gasteiger partial charge in [-0.3, -0.25) is 29.3 Å². The standard InChI is InChI=1S/2C16H26N2O4.C10H12O4.C6H14N2O/c2*1-22-16-13(2-3-14(11-20)15(16)12-21)10-18-6-4-17(5-7-18)8-9-19;1-14-10-8(5-12)3-2-7(4-11)9(10)6-13;9-6-5-8-3-1-7-2-4-8/h2*2-3,19-21H,4-12H2,1H3;2-3,5,11,13H,4,6H2,1H3;7,9H,1-6H2. The lowest BCUT2D eigenvalue weighted by molar-refractivity contribution is 0.108. The van der Waals surface area contributed by atoms with E-state index in [0.29, 0.717) is 69.1 Å². The van der Waals surface area contributed by atoms with Gasteiger partial charge >= 0.3 is 0 Å². The van der Waals surface area contributed by atoms with Gasteiger partial charge in [-0.15, -0.1) is 0 Å². The molecule has 3 aromatic rings. The number of nitrogens with one attached hydrogen (secondary N) is 1. The zero-order valence-electron chi connectivity index (χ0n) is 39.8. The molecule has 0 spiro atoms. The van der Waals surface area contributed by atoms with Gasteiger partial charge in [-0.2, -0.15) is 0 Å². The molecule has 0 radical (unpaired) electrons. The summed E-state index contributed by atoms with van der Waals surface area (Å²) in [5.74, 6) is 1.67. The maximum absolute atomic E-state index is 10.6. The molecule has 3 aliphatic heterocycles. The average molecular weight is 947 g/mol. The molecule has 3 heterocycles. The van der Waals surface area contributed by atoms with Crippen LogP contribution in [0.3, 0.4) is 0 Å². The number of carbonyl (C=O) groups excluding carboxylic acids is 1. The third-order valence-electron chi connectivity index (χ3n) is 12.2. The third kappa shape index (κ3) is 17.9. The fraction of sp³-hybridized carbons (Fsp3) is 0.604. The smallest absolute Gasteiger partial charge is 0.153 e. The minimum atomic E-state index is -0.263. The summed E-state index contributed by atoms with van der Waals surface area (Å²) in [4.78, 5) is 22.1. The first-order chi connectivity index (χ1) is 32.7. The molecule has 0 aliphatic carbocycles. The van der Waals surface area contributed by atoms with Gasteiger partial charge in [0.05, 0.1) is 86.4 Å². The van der Waals surface area contributed by atoms with Crippen LogP contribution < -0.4 is 19.5 Å². The number of hydrogen-bond donors (Lipinski definition) is 10. The van der Waals surface area contributed by atoms with E-state index in [1.165, 1.54) is 7.11 Å². The molecule has 3 aromatic carbocycles. The van der Waals surface area contributed by atoms with Crippen molar-refractivity contribution >= 4 is 6.29 Å². The van der Waals surface area contributed by atoms with E-state index in [1.807, 2.05) is 24.3 Å². The minimum absolute atomic E-state index is 0.105. The molecule has 3 aliphatic rings. The molecular weight excluding hydrogens is 869 g/mol. The number of ether oxygens (including phenoxy) is 3. The molecule has 3 saturated heterocycles. The van der Waals surface area contributed by atoms with Crippen LogP contribution in [0.4, 0.5) is 0 Å². The summed E-state index contributed by atoms with van der Waals surface area (Å²) in [6.07, 6.45) is 0.652. The van der Waals surface area contributed by atoms with Crippen molar-refractivity contribution in [2.45, 2.75) is 52.7 Å². The average Bonchev–Trinajstić information content (AvgIpc) is 3.37. The Morgan fingerprint density at radius 1 is 0.433 bits per heavy atom. The predicted molar refractivity (Wildman–Crippen MR) is 254 cm³/mol. The second-order valence-electron chi connectivity index (χ2n) is 16.2. The number of nitrogens with zero attached hydrogens (tertiary/aromatic N) is 5. The number of rotatable bonds is 20. The second-order valence-corrected chi connectivity index (χ2v) is 16.2. The second kappa shape index (κ2) is 32.8. The van der Waals surface area contributed by atoms with Crippen LogP contribution in [0.25, 0.3) is 0 Å². The molecule has 0 saturated carbocycles. The number of aliphatic hydroxyl groups is 9. The fourth-order valence-corrected chi connectivity index (χ4v) is 8.36. The van der Waals surface area contributed by atoms with Crippen molar-refractivity contribution in [1.82, 2.24) is 29.8 Å². The van der Waals surface area contributed by atoms with Crippen LogP contribution in [-0.2, 0) is 52.7 Å². The Balaban J connectivity index is 0.000000249. The molecule has 0 amide bonds. The van der Waals surface area contributed by atoms with Gasteiger partial charge in [0.15, 0.2) is 6.29 Å². The lowest BCUT2D eigenvalue weighted by atomic mass is 10.0. The highest BCUT2D eigenvalue weighted by molar-refractivity contribution is 5.80. The molecule has 0 atom stereocenters. The Kier molecular flexibility index (Phi) is 28.1. The van der Waals surface area contributed by atoms with Crippen LogP contribution in [0.2, 0.25) is 0 Å². The third-order valence-corrected chi connectivity index (χ3v) is 12.2. The molecule has 378 valence electrons. The van der Waals surface area contributed by atoms with Gasteiger partial charge in [0, 0.05) is 139 Å². The zero-order valence-corrected chi connectivity index (χ0v) is 39.8. The first-order valence-electron chi connectivity index (χ1n) is 23.0. The molecule has 19 nitrogen and oxygen atoms in total. The largest absolute Gasteiger partial charge is 0.496 e. The quantitative estimate of drug-likeness (QED) is 0.0607. The zero-order chi connectivity index (χ0) is 49.0. The molecule has 67 heavy (non-hydrogen) atoms. The Morgan fingerprint density at radius 3 is 1.06 bits per heavy atom. The Morgan fingerprint density at radius 2 is 0.746 bits per heavy atom. The topological polar surface area (TPSA) is 255 Å². The molecule has 3 fully saturated rings. The Hall–Kier alpha value is -3.87. The van der Waals surface area contributed by atoms with Gasteiger partial charge in [-0.25, -0.2) is 0 Å². The number of hydrogen-bond acceptors (Lipinski definition) is 19. The van der Waals surface area contributed by atoms with E-state index in [1.54, 1.807) is 26.4 Å². The summed E-state index contributed by atoms with van der Waals surface area (Å²) >= 11 is 0. The lowest BCUT2D eigenvalue weighted by Gasteiger charge is -2.34. The van der Waals surface area contributed by atoms with E-state index < -0.39 is 0 Å². The van der Waals surface area contributed by atoms with Crippen LogP contribution in [0.1, 0.15) is 54.9 Å². The highest BCUT2D eigenvalue weighted by Crippen LogP contribution is 2.31. The van der Waals surface area contributed by atoms with Crippen molar-refractivity contribution in [3.8, 4) is 17.2 Å². The first-order valence-corrected chi connectivity index (χ1v) is 23.0. The van der Waals surface area contributed by atoms with Crippen LogP contribution in [0.5, 0.6) is 17.2 Å². The van der Waals surface area contributed by atoms with Crippen LogP contribution >= 0.6 is 0 Å². The normalized spacial score (nSPS) is 16.2. The number of β-amino-alcohol motifs (C(OH)–C–C–N with tert-alkyl or cyclic N) is 3. The SMILES string of the molecule is COc1c(C=O)ccc(CO)c1CO.COc1c(CN2CCN(CCO)CC2)ccc(CO)c1CO.COc1c(CN2CCN(CCO)CC2)ccc(CO)c1CO.OCCN1CCNCC1. The summed E-state index contributed by atoms with van der Waals surface area (Å²) in [6, 6.07) is 10.8. The van der Waals surface area contributed by atoms with Crippen LogP contribution in [-0.4, -0.2) is 216 Å². The van der Waals surface area contributed by atoms with Gasteiger partial charge in [0.1, 0.15) is 17.2 Å². The van der Waals surface area contributed by atoms with Crippen LogP contribution in [0, 0.1) is 0 Å². The molecule has 6 rings (SSSR count). The maximum Gasteiger partial charge on any atom is 0.153 e. The predicted octanol–water partition coefficient (Wildman–Crippen LogP) is -1.04. The van der Waals surface area contributed by atoms with Gasteiger partial charge < -0.3 is 65.5 Å². The van der Waals surface area contributed by atoms with Crippen molar-refractivity contribution in [1.29, 1.82) is 0 Å². The first kappa shape index (κ1) is 57.4. The van der Waals surface area contributed by atoms with Gasteiger partial charge in [0.25, 0.3) is 0 Å². The molecule has 0 bridgehead atoms. The summed E-state index contributed by atoms with van der Waals surface area (Å²) in [7, 11) is 4.61. The molecule has 10 N–H and O–H groups in total. The van der Waals surface area contributed by atoms with E-state index >= 15 is 0 Å². The van der Waals surface area contributed by atoms with Gasteiger partial charge in [-0.05, 0) is 22.8 Å². The number of carbonyl (C=O) groups is 1. The molecule has 0 aromatic heterocycles. The Bertz CT molecular complexity index is 1750. The van der Waals surface area contributed by atoms with Crippen molar-refractivity contribution < 1.29 is 65.0 Å². The number of aldehydes is 1. The van der Waals surface area contributed by atoms with E-state index in [0.717, 1.165) is 122 Å². The van der Waals surface area contributed by atoms with E-state index in [2.05, 4.69) is 29.8 Å². The number of piperazine rings is 3. The number of methoxy groups -OCH3 is 3. The fourth-order valence-electron chi connectivity index (χ4n) is 8.36. The van der Waals surface area contributed by atoms with Crippen molar-refractivity contribution in [2.24, 2.45) is 0 Å². The van der Waals surface area contributed by atoms with Gasteiger partial charge in [0.2, 0.25) is 0 Å². The van der Waals surface area contributed by atoms with Crippen molar-refractivity contribution in [2.75, 3.05) is 139 Å². The van der Waals surface area contributed by atoms with E-state index in [9.17, 15) is 25.2 Å². The van der Waals surface area contributed by atoms with Gasteiger partial charge in [-0.1, -0.05) is 30.3 Å². The maximum atomic E-state index is 10.6. The molecule has 19 heteroatoms. The lowest BCUT2D eigenvalue weighted by Crippen LogP contribution is -2.46. The van der Waals surface area contributed by atoms with E-state index in [-0.39, 0.29) is 52.9 Å². The number of benzene rings is 3. The Labute approximate surface area is 395 Å². The molecule has 0 unspecified atom stereocenters. The molecular formula is C48H78N6O13. The van der Waals surface area contributed by atoms with Crippen molar-refractivity contribution in [3.63, 3.8) is 0 Å². The summed E-state index contributed by atoms with van der Waals surface area (Å²) in [5, 5.41) is 85.6. The van der Waals surface area contributed by atoms with Crippen molar-refractivity contribution in [3.05, 3.63) is 86.5 Å². The highest BCUT2D eigenvalue weighted by Gasteiger charge is 2.22. The van der Waals surface area contributed by atoms with Crippen LogP contribution in [0.15, 0.2) is 36.4 Å². The monoisotopic (exact) mass is 947 g/mol. The minimum Gasteiger partial charge on any atom is -0.496 e. The van der Waals surface area contributed by atoms with E-state index in [4.69, 9.17) is 39.7 Å². The summed E-state index contributed by atoms with van der Waals surface area (Å²) < 4.78 is 15.9. The highest BCUT2D eigenvalue weighted by atomic mass is 16.5. The number of aliphatic hydroxyl groups excluding tert-OH is 9.